The van der Waals surface area contributed by atoms with Crippen LogP contribution < -0.4 is 5.32 Å². The number of rotatable bonds is 1. The van der Waals surface area contributed by atoms with Gasteiger partial charge in [-0.15, -0.1) is 0 Å². The van der Waals surface area contributed by atoms with E-state index in [-0.39, 0.29) is 11.3 Å². The molecule has 1 N–H and O–H groups in total. The standard InChI is InChI=1S/C7H12ClNO/c8-7(10)6-4-2-1-3-5-9-6/h6,9H,1-5H2. The lowest BCUT2D eigenvalue weighted by Crippen LogP contribution is -2.33. The Morgan fingerprint density at radius 2 is 2.20 bits per heavy atom. The third-order valence-electron chi connectivity index (χ3n) is 1.83. The van der Waals surface area contributed by atoms with Crippen LogP contribution in [0.4, 0.5) is 0 Å². The van der Waals surface area contributed by atoms with Gasteiger partial charge in [-0.3, -0.25) is 4.79 Å². The van der Waals surface area contributed by atoms with E-state index in [4.69, 9.17) is 11.6 Å². The predicted molar refractivity (Wildman–Crippen MR) is 41.1 cm³/mol. The highest BCUT2D eigenvalue weighted by Gasteiger charge is 2.16. The van der Waals surface area contributed by atoms with Gasteiger partial charge < -0.3 is 5.32 Å². The Kier molecular flexibility index (Phi) is 3.16. The Hall–Kier alpha value is -0.0800. The van der Waals surface area contributed by atoms with E-state index in [0.717, 1.165) is 19.4 Å². The van der Waals surface area contributed by atoms with E-state index in [1.165, 1.54) is 12.8 Å². The lowest BCUT2D eigenvalue weighted by molar-refractivity contribution is -0.113. The lowest BCUT2D eigenvalue weighted by atomic mass is 10.1. The summed E-state index contributed by atoms with van der Waals surface area (Å²) in [6.45, 7) is 0.934. The van der Waals surface area contributed by atoms with Crippen molar-refractivity contribution in [3.63, 3.8) is 0 Å². The fraction of sp³-hybridized carbons (Fsp3) is 0.857. The van der Waals surface area contributed by atoms with Crippen LogP contribution in [0, 0.1) is 0 Å². The molecule has 1 unspecified atom stereocenters. The highest BCUT2D eigenvalue weighted by Crippen LogP contribution is 2.09. The maximum Gasteiger partial charge on any atom is 0.238 e. The van der Waals surface area contributed by atoms with Crippen molar-refractivity contribution < 1.29 is 4.79 Å². The van der Waals surface area contributed by atoms with E-state index in [2.05, 4.69) is 5.32 Å². The monoisotopic (exact) mass is 161 g/mol. The average molecular weight is 162 g/mol. The van der Waals surface area contributed by atoms with Crippen LogP contribution in [0.5, 0.6) is 0 Å². The summed E-state index contributed by atoms with van der Waals surface area (Å²) >= 11 is 5.33. The molecule has 1 atom stereocenters. The summed E-state index contributed by atoms with van der Waals surface area (Å²) in [6.07, 6.45) is 4.41. The van der Waals surface area contributed by atoms with Crippen molar-refractivity contribution in [1.29, 1.82) is 0 Å². The SMILES string of the molecule is O=C(Cl)C1CCCCCN1. The smallest absolute Gasteiger partial charge is 0.238 e. The van der Waals surface area contributed by atoms with Gasteiger partial charge >= 0.3 is 0 Å². The summed E-state index contributed by atoms with van der Waals surface area (Å²) in [5.74, 6) is 0. The van der Waals surface area contributed by atoms with Crippen LogP contribution in [0.15, 0.2) is 0 Å². The Morgan fingerprint density at radius 1 is 1.40 bits per heavy atom. The molecule has 1 aliphatic heterocycles. The topological polar surface area (TPSA) is 29.1 Å². The van der Waals surface area contributed by atoms with E-state index in [0.29, 0.717) is 0 Å². The van der Waals surface area contributed by atoms with Crippen LogP contribution in [0.25, 0.3) is 0 Å². The zero-order valence-corrected chi connectivity index (χ0v) is 6.66. The molecule has 1 saturated heterocycles. The molecule has 0 bridgehead atoms. The molecule has 0 radical (unpaired) electrons. The Morgan fingerprint density at radius 3 is 2.90 bits per heavy atom. The Bertz CT molecular complexity index is 119. The molecule has 0 aromatic carbocycles. The van der Waals surface area contributed by atoms with E-state index < -0.39 is 0 Å². The summed E-state index contributed by atoms with van der Waals surface area (Å²) in [5, 5.41) is 2.87. The molecule has 1 fully saturated rings. The number of nitrogens with one attached hydrogen (secondary N) is 1. The first-order valence-corrected chi connectivity index (χ1v) is 4.11. The summed E-state index contributed by atoms with van der Waals surface area (Å²) in [4.78, 5) is 10.7. The van der Waals surface area contributed by atoms with Crippen LogP contribution in [0.1, 0.15) is 25.7 Å². The quantitative estimate of drug-likeness (QED) is 0.588. The molecule has 1 heterocycles. The van der Waals surface area contributed by atoms with Crippen molar-refractivity contribution in [3.05, 3.63) is 0 Å². The molecule has 1 rings (SSSR count). The van der Waals surface area contributed by atoms with Gasteiger partial charge in [0.05, 0.1) is 6.04 Å². The first kappa shape index (κ1) is 8.02. The van der Waals surface area contributed by atoms with Gasteiger partial charge in [0.1, 0.15) is 0 Å². The fourth-order valence-corrected chi connectivity index (χ4v) is 1.41. The largest absolute Gasteiger partial charge is 0.306 e. The molecule has 0 saturated carbocycles. The summed E-state index contributed by atoms with van der Waals surface area (Å²) in [6, 6.07) is -0.0795. The van der Waals surface area contributed by atoms with E-state index in [9.17, 15) is 4.79 Å². The number of hydrogen-bond donors (Lipinski definition) is 1. The molecule has 0 aromatic rings. The molecule has 0 aliphatic carbocycles. The zero-order valence-electron chi connectivity index (χ0n) is 5.90. The average Bonchev–Trinajstić information content (AvgIpc) is 2.12. The number of hydrogen-bond acceptors (Lipinski definition) is 2. The van der Waals surface area contributed by atoms with Crippen molar-refractivity contribution in [2.75, 3.05) is 6.54 Å². The van der Waals surface area contributed by atoms with Crippen LogP contribution in [-0.2, 0) is 4.79 Å². The number of carbonyl (C=O) groups excluding carboxylic acids is 1. The second-order valence-corrected chi connectivity index (χ2v) is 3.03. The number of carbonyl (C=O) groups is 1. The van der Waals surface area contributed by atoms with Crippen molar-refractivity contribution in [2.24, 2.45) is 0 Å². The maximum atomic E-state index is 10.7. The third-order valence-corrected chi connectivity index (χ3v) is 2.10. The van der Waals surface area contributed by atoms with Gasteiger partial charge in [-0.05, 0) is 31.0 Å². The minimum Gasteiger partial charge on any atom is -0.306 e. The van der Waals surface area contributed by atoms with E-state index >= 15 is 0 Å². The minimum absolute atomic E-state index is 0.0795. The van der Waals surface area contributed by atoms with Gasteiger partial charge in [-0.2, -0.15) is 0 Å². The van der Waals surface area contributed by atoms with Crippen molar-refractivity contribution in [3.8, 4) is 0 Å². The van der Waals surface area contributed by atoms with Gasteiger partial charge in [-0.25, -0.2) is 0 Å². The van der Waals surface area contributed by atoms with Crippen molar-refractivity contribution >= 4 is 16.8 Å². The molecule has 10 heavy (non-hydrogen) atoms. The zero-order chi connectivity index (χ0) is 7.40. The summed E-state index contributed by atoms with van der Waals surface area (Å²) in [5.41, 5.74) is 0. The van der Waals surface area contributed by atoms with E-state index in [1.807, 2.05) is 0 Å². The molecular weight excluding hydrogens is 150 g/mol. The minimum atomic E-state index is -0.234. The molecule has 58 valence electrons. The molecule has 2 nitrogen and oxygen atoms in total. The molecule has 0 spiro atoms. The van der Waals surface area contributed by atoms with Gasteiger partial charge in [-0.1, -0.05) is 12.8 Å². The fourth-order valence-electron chi connectivity index (χ4n) is 1.22. The molecule has 3 heteroatoms. The maximum absolute atomic E-state index is 10.7. The summed E-state index contributed by atoms with van der Waals surface area (Å²) in [7, 11) is 0. The van der Waals surface area contributed by atoms with Crippen LogP contribution in [0.2, 0.25) is 0 Å². The second-order valence-electron chi connectivity index (χ2n) is 2.66. The highest BCUT2D eigenvalue weighted by atomic mass is 35.5. The first-order valence-electron chi connectivity index (χ1n) is 3.73. The Labute approximate surface area is 65.9 Å². The third kappa shape index (κ3) is 2.27. The van der Waals surface area contributed by atoms with Crippen molar-refractivity contribution in [2.45, 2.75) is 31.7 Å². The van der Waals surface area contributed by atoms with Gasteiger partial charge in [0, 0.05) is 0 Å². The highest BCUT2D eigenvalue weighted by molar-refractivity contribution is 6.64. The van der Waals surface area contributed by atoms with Gasteiger partial charge in [0.2, 0.25) is 5.24 Å². The van der Waals surface area contributed by atoms with Crippen LogP contribution >= 0.6 is 11.6 Å². The summed E-state index contributed by atoms with van der Waals surface area (Å²) < 4.78 is 0. The van der Waals surface area contributed by atoms with Gasteiger partial charge in [0.15, 0.2) is 0 Å². The Balaban J connectivity index is 2.35. The second kappa shape index (κ2) is 3.94. The van der Waals surface area contributed by atoms with E-state index in [1.54, 1.807) is 0 Å². The van der Waals surface area contributed by atoms with Crippen molar-refractivity contribution in [1.82, 2.24) is 5.32 Å². The normalized spacial score (nSPS) is 27.5. The predicted octanol–water partition coefficient (Wildman–Crippen LogP) is 1.28. The molecule has 0 amide bonds. The number of halogens is 1. The van der Waals surface area contributed by atoms with Gasteiger partial charge in [0.25, 0.3) is 0 Å². The molecular formula is C7H12ClNO. The first-order chi connectivity index (χ1) is 4.80. The molecule has 0 aromatic heterocycles. The molecule has 1 aliphatic rings. The van der Waals surface area contributed by atoms with Crippen LogP contribution in [0.3, 0.4) is 0 Å². The van der Waals surface area contributed by atoms with Crippen LogP contribution in [-0.4, -0.2) is 17.8 Å². The lowest BCUT2D eigenvalue weighted by Gasteiger charge is -2.08.